The van der Waals surface area contributed by atoms with Crippen LogP contribution in [0.1, 0.15) is 29.1 Å². The Kier molecular flexibility index (Phi) is 5.58. The fraction of sp³-hybridized carbons (Fsp3) is 0.409. The fourth-order valence-electron chi connectivity index (χ4n) is 4.15. The van der Waals surface area contributed by atoms with E-state index in [1.54, 1.807) is 9.25 Å². The van der Waals surface area contributed by atoms with Crippen LogP contribution >= 0.6 is 11.3 Å². The molecule has 1 aliphatic heterocycles. The van der Waals surface area contributed by atoms with Crippen molar-refractivity contribution < 1.29 is 14.7 Å². The Balaban J connectivity index is 1.76. The first-order valence-corrected chi connectivity index (χ1v) is 11.7. The van der Waals surface area contributed by atoms with E-state index in [0.29, 0.717) is 21.8 Å². The molecule has 5 rings (SSSR count). The maximum absolute atomic E-state index is 13.6. The van der Waals surface area contributed by atoms with Crippen LogP contribution in [0.3, 0.4) is 0 Å². The maximum atomic E-state index is 13.6. The summed E-state index contributed by atoms with van der Waals surface area (Å²) in [6, 6.07) is 7.44. The number of rotatable bonds is 5. The van der Waals surface area contributed by atoms with Gasteiger partial charge in [-0.3, -0.25) is 23.6 Å². The molecule has 0 radical (unpaired) electrons. The van der Waals surface area contributed by atoms with E-state index in [4.69, 9.17) is 4.84 Å². The Morgan fingerprint density at radius 1 is 1.29 bits per heavy atom. The van der Waals surface area contributed by atoms with Crippen LogP contribution < -0.4 is 11.2 Å². The number of para-hydroxylation sites is 1. The molecule has 4 aromatic rings. The monoisotopic (exact) mass is 484 g/mol. The highest BCUT2D eigenvalue weighted by atomic mass is 32.1. The van der Waals surface area contributed by atoms with Gasteiger partial charge in [0.2, 0.25) is 0 Å². The zero-order chi connectivity index (χ0) is 24.1. The summed E-state index contributed by atoms with van der Waals surface area (Å²) < 4.78 is 4.24. The number of nitrogens with zero attached hydrogens (tertiary/aromatic N) is 6. The number of amides is 1. The second kappa shape index (κ2) is 8.46. The number of carbonyl (C=O) groups is 1. The molecule has 0 saturated carbocycles. The van der Waals surface area contributed by atoms with Gasteiger partial charge in [0.1, 0.15) is 23.1 Å². The van der Waals surface area contributed by atoms with Gasteiger partial charge >= 0.3 is 5.69 Å². The quantitative estimate of drug-likeness (QED) is 0.447. The first-order valence-electron chi connectivity index (χ1n) is 10.9. The molecular weight excluding hydrogens is 460 g/mol. The molecule has 11 nitrogen and oxygen atoms in total. The fourth-order valence-corrected chi connectivity index (χ4v) is 5.41. The Morgan fingerprint density at radius 2 is 2.06 bits per heavy atom. The number of fused-ring (bicyclic) bond motifs is 2. The minimum Gasteiger partial charge on any atom is -0.389 e. The number of carbonyl (C=O) groups excluding carboxylic acids is 1. The van der Waals surface area contributed by atoms with Gasteiger partial charge in [-0.15, -0.1) is 16.4 Å². The maximum Gasteiger partial charge on any atom is 0.331 e. The summed E-state index contributed by atoms with van der Waals surface area (Å²) in [6.45, 7) is 4.51. The zero-order valence-corrected chi connectivity index (χ0v) is 19.8. The lowest BCUT2D eigenvalue weighted by atomic mass is 10.1. The van der Waals surface area contributed by atoms with Gasteiger partial charge in [0.25, 0.3) is 11.5 Å². The van der Waals surface area contributed by atoms with E-state index in [1.807, 2.05) is 38.1 Å². The summed E-state index contributed by atoms with van der Waals surface area (Å²) in [4.78, 5) is 46.2. The first kappa shape index (κ1) is 22.4. The number of β-amino-alcohol motifs (C(OH)–C–C–N with tert-alkyl or cyclic N) is 1. The highest BCUT2D eigenvalue weighted by molar-refractivity contribution is 7.19. The molecule has 0 aliphatic carbocycles. The SMILES string of the molecule is CC(C)Cn1c(=O)n(C)c(=O)c2c(C(=O)N3CC(O)CO3)c(Cn3nnc4ccccc43)sc21. The van der Waals surface area contributed by atoms with E-state index in [1.165, 1.54) is 18.4 Å². The lowest BCUT2D eigenvalue weighted by molar-refractivity contribution is -0.0778. The summed E-state index contributed by atoms with van der Waals surface area (Å²) in [5.41, 5.74) is 0.659. The lowest BCUT2D eigenvalue weighted by Gasteiger charge is -2.15. The van der Waals surface area contributed by atoms with Crippen molar-refractivity contribution in [3.05, 3.63) is 55.5 Å². The van der Waals surface area contributed by atoms with Crippen molar-refractivity contribution in [1.82, 2.24) is 29.2 Å². The highest BCUT2D eigenvalue weighted by Gasteiger charge is 2.33. The molecule has 1 fully saturated rings. The highest BCUT2D eigenvalue weighted by Crippen LogP contribution is 2.32. The molecular formula is C22H24N6O5S. The molecule has 1 saturated heterocycles. The molecule has 12 heteroatoms. The van der Waals surface area contributed by atoms with Crippen LogP contribution in [0.15, 0.2) is 33.9 Å². The molecule has 3 aromatic heterocycles. The number of aromatic nitrogens is 5. The Hall–Kier alpha value is -3.35. The van der Waals surface area contributed by atoms with Gasteiger partial charge in [0.05, 0.1) is 29.6 Å². The lowest BCUT2D eigenvalue weighted by Crippen LogP contribution is -2.39. The van der Waals surface area contributed by atoms with Gasteiger partial charge < -0.3 is 5.11 Å². The molecule has 4 heterocycles. The Morgan fingerprint density at radius 3 is 2.76 bits per heavy atom. The van der Waals surface area contributed by atoms with Crippen LogP contribution in [-0.2, 0) is 25.0 Å². The number of thiophene rings is 1. The molecule has 1 N–H and O–H groups in total. The molecule has 1 unspecified atom stereocenters. The Bertz CT molecular complexity index is 1530. The van der Waals surface area contributed by atoms with E-state index in [9.17, 15) is 19.5 Å². The van der Waals surface area contributed by atoms with Crippen molar-refractivity contribution in [2.75, 3.05) is 13.2 Å². The molecule has 0 spiro atoms. The van der Waals surface area contributed by atoms with Crippen molar-refractivity contribution >= 4 is 38.5 Å². The second-order valence-electron chi connectivity index (χ2n) is 8.78. The van der Waals surface area contributed by atoms with Crippen molar-refractivity contribution in [3.63, 3.8) is 0 Å². The molecule has 0 bridgehead atoms. The zero-order valence-electron chi connectivity index (χ0n) is 19.0. The largest absolute Gasteiger partial charge is 0.389 e. The van der Waals surface area contributed by atoms with Crippen LogP contribution in [0, 0.1) is 5.92 Å². The van der Waals surface area contributed by atoms with Gasteiger partial charge in [-0.25, -0.2) is 14.5 Å². The Labute approximate surface area is 197 Å². The predicted octanol–water partition coefficient (Wildman–Crippen LogP) is 0.959. The van der Waals surface area contributed by atoms with E-state index in [-0.39, 0.29) is 36.6 Å². The van der Waals surface area contributed by atoms with Crippen molar-refractivity contribution in [2.24, 2.45) is 13.0 Å². The van der Waals surface area contributed by atoms with Crippen LogP contribution in [0.5, 0.6) is 0 Å². The second-order valence-corrected chi connectivity index (χ2v) is 9.87. The number of hydrogen-bond acceptors (Lipinski definition) is 8. The van der Waals surface area contributed by atoms with Gasteiger partial charge in [0.15, 0.2) is 0 Å². The standard InChI is InChI=1S/C22H24N6O5S/c1-12(2)8-26-21-18(19(30)25(3)22(26)32)17(20(31)28-9-13(29)11-33-28)16(34-21)10-27-15-7-5-4-6-14(15)23-24-27/h4-7,12-13,29H,8-11H2,1-3H3. The summed E-state index contributed by atoms with van der Waals surface area (Å²) >= 11 is 1.22. The third-order valence-electron chi connectivity index (χ3n) is 5.75. The summed E-state index contributed by atoms with van der Waals surface area (Å²) in [7, 11) is 1.41. The van der Waals surface area contributed by atoms with Crippen molar-refractivity contribution in [3.8, 4) is 0 Å². The molecule has 1 aliphatic rings. The van der Waals surface area contributed by atoms with Gasteiger partial charge in [-0.05, 0) is 18.1 Å². The predicted molar refractivity (Wildman–Crippen MR) is 126 cm³/mol. The first-order chi connectivity index (χ1) is 16.3. The minimum atomic E-state index is -0.807. The van der Waals surface area contributed by atoms with E-state index >= 15 is 0 Å². The molecule has 1 atom stereocenters. The van der Waals surface area contributed by atoms with E-state index in [0.717, 1.165) is 15.1 Å². The molecule has 1 aromatic carbocycles. The third-order valence-corrected chi connectivity index (χ3v) is 6.94. The number of hydroxylamine groups is 2. The van der Waals surface area contributed by atoms with Crippen LogP contribution in [-0.4, -0.2) is 59.5 Å². The molecule has 1 amide bonds. The van der Waals surface area contributed by atoms with Crippen LogP contribution in [0.4, 0.5) is 0 Å². The average molecular weight is 485 g/mol. The van der Waals surface area contributed by atoms with Gasteiger partial charge in [0, 0.05) is 18.5 Å². The summed E-state index contributed by atoms with van der Waals surface area (Å²) in [6.07, 6.45) is -0.807. The van der Waals surface area contributed by atoms with E-state index < -0.39 is 23.3 Å². The average Bonchev–Trinajstić information content (AvgIpc) is 3.52. The van der Waals surface area contributed by atoms with Gasteiger partial charge in [-0.2, -0.15) is 0 Å². The van der Waals surface area contributed by atoms with E-state index in [2.05, 4.69) is 10.3 Å². The smallest absolute Gasteiger partial charge is 0.331 e. The number of benzene rings is 1. The number of aliphatic hydroxyl groups is 1. The van der Waals surface area contributed by atoms with Crippen LogP contribution in [0.2, 0.25) is 0 Å². The van der Waals surface area contributed by atoms with Crippen molar-refractivity contribution in [2.45, 2.75) is 33.0 Å². The molecule has 34 heavy (non-hydrogen) atoms. The summed E-state index contributed by atoms with van der Waals surface area (Å²) in [5, 5.41) is 19.5. The topological polar surface area (TPSA) is 124 Å². The summed E-state index contributed by atoms with van der Waals surface area (Å²) in [5.74, 6) is -0.395. The minimum absolute atomic E-state index is 0.00613. The third kappa shape index (κ3) is 3.63. The van der Waals surface area contributed by atoms with Crippen molar-refractivity contribution in [1.29, 1.82) is 0 Å². The van der Waals surface area contributed by atoms with Gasteiger partial charge in [-0.1, -0.05) is 31.2 Å². The normalized spacial score (nSPS) is 16.4. The molecule has 178 valence electrons. The number of hydrogen-bond donors (Lipinski definition) is 1. The number of aliphatic hydroxyl groups excluding tert-OH is 1. The van der Waals surface area contributed by atoms with Crippen LogP contribution in [0.25, 0.3) is 21.3 Å².